The van der Waals surface area contributed by atoms with Crippen LogP contribution in [0.3, 0.4) is 0 Å². The third-order valence-electron chi connectivity index (χ3n) is 4.82. The molecule has 2 fully saturated rings. The molecule has 2 aliphatic heterocycles. The second-order valence-corrected chi connectivity index (χ2v) is 8.32. The van der Waals surface area contributed by atoms with Gasteiger partial charge in [-0.1, -0.05) is 28.1 Å². The number of hydrogen-bond donors (Lipinski definition) is 2. The highest BCUT2D eigenvalue weighted by Gasteiger charge is 2.50. The van der Waals surface area contributed by atoms with E-state index in [2.05, 4.69) is 59.4 Å². The summed E-state index contributed by atoms with van der Waals surface area (Å²) in [7, 11) is 0. The summed E-state index contributed by atoms with van der Waals surface area (Å²) in [5.41, 5.74) is 2.53. The molecule has 2 heterocycles. The number of fused-ring (bicyclic) bond motifs is 2. The van der Waals surface area contributed by atoms with Crippen LogP contribution >= 0.6 is 15.9 Å². The Kier molecular flexibility index (Phi) is 3.48. The Morgan fingerprint density at radius 3 is 2.53 bits per heavy atom. The zero-order valence-corrected chi connectivity index (χ0v) is 13.6. The Morgan fingerprint density at radius 1 is 1.21 bits per heavy atom. The van der Waals surface area contributed by atoms with Gasteiger partial charge in [0.25, 0.3) is 0 Å². The van der Waals surface area contributed by atoms with E-state index in [1.165, 1.54) is 49.2 Å². The van der Waals surface area contributed by atoms with Gasteiger partial charge in [0.15, 0.2) is 0 Å². The van der Waals surface area contributed by atoms with Gasteiger partial charge in [0.05, 0.1) is 37.0 Å². The molecule has 3 rings (SSSR count). The van der Waals surface area contributed by atoms with Crippen molar-refractivity contribution in [2.75, 3.05) is 26.2 Å². The van der Waals surface area contributed by atoms with Crippen LogP contribution in [0.15, 0.2) is 28.7 Å². The molecule has 1 aromatic rings. The van der Waals surface area contributed by atoms with Crippen molar-refractivity contribution < 1.29 is 10.2 Å². The maximum atomic E-state index is 3.58. The highest BCUT2D eigenvalue weighted by atomic mass is 79.9. The van der Waals surface area contributed by atoms with Gasteiger partial charge in [0, 0.05) is 10.0 Å². The number of nitrogens with two attached hydrogens (primary N) is 1. The lowest BCUT2D eigenvalue weighted by molar-refractivity contribution is -0.945. The van der Waals surface area contributed by atoms with Gasteiger partial charge in [-0.3, -0.25) is 0 Å². The van der Waals surface area contributed by atoms with E-state index in [1.807, 2.05) is 0 Å². The number of halogens is 1. The minimum absolute atomic E-state index is 0.534. The molecule has 2 nitrogen and oxygen atoms in total. The summed E-state index contributed by atoms with van der Waals surface area (Å²) < 4.78 is 1.20. The molecule has 0 aromatic heterocycles. The molecule has 1 aromatic carbocycles. The van der Waals surface area contributed by atoms with Crippen LogP contribution < -0.4 is 10.2 Å². The number of benzene rings is 1. The molecule has 0 unspecified atom stereocenters. The average molecular weight is 325 g/mol. The molecule has 2 bridgehead atoms. The van der Waals surface area contributed by atoms with E-state index in [-0.39, 0.29) is 0 Å². The first-order chi connectivity index (χ1) is 8.96. The van der Waals surface area contributed by atoms with E-state index in [9.17, 15) is 0 Å². The van der Waals surface area contributed by atoms with Crippen molar-refractivity contribution >= 4 is 15.9 Å². The van der Waals surface area contributed by atoms with Crippen molar-refractivity contribution in [1.82, 2.24) is 0 Å². The van der Waals surface area contributed by atoms with Gasteiger partial charge in [-0.2, -0.15) is 0 Å². The number of quaternary nitrogens is 2. The summed E-state index contributed by atoms with van der Waals surface area (Å²) in [6.07, 6.45) is 1.42. The number of piperidine rings is 2. The summed E-state index contributed by atoms with van der Waals surface area (Å²) in [5, 5.41) is 2.54. The van der Waals surface area contributed by atoms with Crippen LogP contribution in [0.4, 0.5) is 0 Å². The number of rotatable bonds is 2. The van der Waals surface area contributed by atoms with Crippen LogP contribution in [0.1, 0.15) is 25.8 Å². The lowest BCUT2D eigenvalue weighted by atomic mass is 9.66. The summed E-state index contributed by atoms with van der Waals surface area (Å²) >= 11 is 3.58. The molecule has 0 aliphatic carbocycles. The predicted molar refractivity (Wildman–Crippen MR) is 81.0 cm³/mol. The SMILES string of the molecule is C[C@@]12C[NH2+]C[C@](C)(C[NH+](Cc3cccc(Br)c3)C1)C2. The first-order valence-electron chi connectivity index (χ1n) is 7.36. The number of likely N-dealkylation sites (tertiary alicyclic amines) is 1. The van der Waals surface area contributed by atoms with Gasteiger partial charge in [-0.05, 0) is 32.4 Å². The first-order valence-corrected chi connectivity index (χ1v) is 8.16. The van der Waals surface area contributed by atoms with Gasteiger partial charge in [0.1, 0.15) is 6.54 Å². The van der Waals surface area contributed by atoms with Gasteiger partial charge in [-0.25, -0.2) is 0 Å². The fourth-order valence-corrected chi connectivity index (χ4v) is 4.99. The maximum absolute atomic E-state index is 3.58. The lowest BCUT2D eigenvalue weighted by Gasteiger charge is -2.49. The molecule has 19 heavy (non-hydrogen) atoms. The molecule has 3 N–H and O–H groups in total. The molecule has 0 saturated carbocycles. The highest BCUT2D eigenvalue weighted by molar-refractivity contribution is 9.10. The second kappa shape index (κ2) is 4.87. The van der Waals surface area contributed by atoms with E-state index < -0.39 is 0 Å². The van der Waals surface area contributed by atoms with E-state index in [0.29, 0.717) is 10.8 Å². The zero-order chi connectivity index (χ0) is 13.5. The highest BCUT2D eigenvalue weighted by Crippen LogP contribution is 2.35. The summed E-state index contributed by atoms with van der Waals surface area (Å²) in [6, 6.07) is 8.80. The van der Waals surface area contributed by atoms with Crippen LogP contribution in [-0.2, 0) is 6.54 Å². The van der Waals surface area contributed by atoms with Gasteiger partial charge in [0.2, 0.25) is 0 Å². The molecular formula is C16H25BrN2+2. The minimum atomic E-state index is 0.534. The fourth-order valence-electron chi connectivity index (χ4n) is 4.54. The first kappa shape index (κ1) is 13.6. The Hall–Kier alpha value is -0.380. The van der Waals surface area contributed by atoms with Crippen LogP contribution in [0.2, 0.25) is 0 Å². The smallest absolute Gasteiger partial charge is 0.103 e. The standard InChI is InChI=1S/C16H23BrN2/c1-15-8-16(2,10-18-9-15)12-19(11-15)7-13-4-3-5-14(17)6-13/h3-6,18H,7-12H2,1-2H3/p+2/t15-,16-/m1/s1. The van der Waals surface area contributed by atoms with Crippen LogP contribution in [0.5, 0.6) is 0 Å². The Morgan fingerprint density at radius 2 is 1.89 bits per heavy atom. The third kappa shape index (κ3) is 3.04. The summed E-state index contributed by atoms with van der Waals surface area (Å²) in [6.45, 7) is 11.4. The van der Waals surface area contributed by atoms with Crippen molar-refractivity contribution in [2.24, 2.45) is 10.8 Å². The second-order valence-electron chi connectivity index (χ2n) is 7.41. The quantitative estimate of drug-likeness (QED) is 0.804. The van der Waals surface area contributed by atoms with E-state index in [4.69, 9.17) is 0 Å². The molecule has 0 spiro atoms. The molecular weight excluding hydrogens is 300 g/mol. The lowest BCUT2D eigenvalue weighted by Crippen LogP contribution is -3.17. The molecule has 0 radical (unpaired) electrons. The Labute approximate surface area is 124 Å². The summed E-state index contributed by atoms with van der Waals surface area (Å²) in [5.74, 6) is 0. The van der Waals surface area contributed by atoms with E-state index >= 15 is 0 Å². The molecule has 2 atom stereocenters. The number of nitrogens with one attached hydrogen (secondary N) is 1. The average Bonchev–Trinajstić information content (AvgIpc) is 2.25. The van der Waals surface area contributed by atoms with Crippen molar-refractivity contribution in [3.05, 3.63) is 34.3 Å². The van der Waals surface area contributed by atoms with Gasteiger partial charge < -0.3 is 10.2 Å². The molecule has 3 heteroatoms. The van der Waals surface area contributed by atoms with Crippen molar-refractivity contribution in [2.45, 2.75) is 26.8 Å². The van der Waals surface area contributed by atoms with Crippen molar-refractivity contribution in [3.8, 4) is 0 Å². The normalized spacial score (nSPS) is 38.2. The topological polar surface area (TPSA) is 21.1 Å². The fraction of sp³-hybridized carbons (Fsp3) is 0.625. The zero-order valence-electron chi connectivity index (χ0n) is 12.0. The van der Waals surface area contributed by atoms with Crippen LogP contribution in [-0.4, -0.2) is 26.2 Å². The minimum Gasteiger partial charge on any atom is -0.345 e. The monoisotopic (exact) mass is 324 g/mol. The van der Waals surface area contributed by atoms with Crippen molar-refractivity contribution in [1.29, 1.82) is 0 Å². The van der Waals surface area contributed by atoms with Crippen molar-refractivity contribution in [3.63, 3.8) is 0 Å². The van der Waals surface area contributed by atoms with Crippen LogP contribution in [0, 0.1) is 10.8 Å². The summed E-state index contributed by atoms with van der Waals surface area (Å²) in [4.78, 5) is 1.77. The third-order valence-corrected chi connectivity index (χ3v) is 5.32. The van der Waals surface area contributed by atoms with E-state index in [1.54, 1.807) is 4.90 Å². The Balaban J connectivity index is 1.75. The molecule has 2 saturated heterocycles. The molecule has 0 amide bonds. The molecule has 104 valence electrons. The number of hydrogen-bond acceptors (Lipinski definition) is 0. The predicted octanol–water partition coefficient (Wildman–Crippen LogP) is 0.827. The van der Waals surface area contributed by atoms with Gasteiger partial charge >= 0.3 is 0 Å². The van der Waals surface area contributed by atoms with E-state index in [0.717, 1.165) is 0 Å². The Bertz CT molecular complexity index is 458. The largest absolute Gasteiger partial charge is 0.345 e. The van der Waals surface area contributed by atoms with Crippen LogP contribution in [0.25, 0.3) is 0 Å². The van der Waals surface area contributed by atoms with Gasteiger partial charge in [-0.15, -0.1) is 0 Å². The maximum Gasteiger partial charge on any atom is 0.103 e. The molecule has 2 aliphatic rings.